The summed E-state index contributed by atoms with van der Waals surface area (Å²) in [6.45, 7) is 5.95. The zero-order valence-electron chi connectivity index (χ0n) is 15.3. The quantitative estimate of drug-likeness (QED) is 0.481. The lowest BCUT2D eigenvalue weighted by Crippen LogP contribution is -2.28. The van der Waals surface area contributed by atoms with Crippen molar-refractivity contribution in [3.63, 3.8) is 0 Å². The van der Waals surface area contributed by atoms with Crippen LogP contribution in [-0.2, 0) is 16.6 Å². The summed E-state index contributed by atoms with van der Waals surface area (Å²) in [5.41, 5.74) is 7.58. The second kappa shape index (κ2) is 9.15. The van der Waals surface area contributed by atoms with Gasteiger partial charge in [0.2, 0.25) is 0 Å². The highest BCUT2D eigenvalue weighted by Crippen LogP contribution is 2.24. The normalized spacial score (nSPS) is 11.3. The van der Waals surface area contributed by atoms with Gasteiger partial charge in [-0.2, -0.15) is 0 Å². The van der Waals surface area contributed by atoms with Gasteiger partial charge in [-0.05, 0) is 50.9 Å². The van der Waals surface area contributed by atoms with Crippen molar-refractivity contribution in [1.82, 2.24) is 15.3 Å². The molecule has 0 saturated heterocycles. The first-order valence-electron chi connectivity index (χ1n) is 8.74. The van der Waals surface area contributed by atoms with Crippen molar-refractivity contribution in [2.24, 2.45) is 0 Å². The summed E-state index contributed by atoms with van der Waals surface area (Å²) >= 11 is 0. The molecule has 7 nitrogen and oxygen atoms in total. The second-order valence-corrected chi connectivity index (χ2v) is 6.73. The number of nitrogens with two attached hydrogens (primary N) is 1. The third-order valence-electron chi connectivity index (χ3n) is 4.36. The molecular formula is C19H27N5O2. The molecule has 0 atom stereocenters. The minimum Gasteiger partial charge on any atom is -0.481 e. The number of rotatable bonds is 10. The van der Waals surface area contributed by atoms with Gasteiger partial charge in [-0.3, -0.25) is 4.79 Å². The van der Waals surface area contributed by atoms with Gasteiger partial charge in [0.05, 0.1) is 17.3 Å². The Kier molecular flexibility index (Phi) is 6.91. The van der Waals surface area contributed by atoms with Gasteiger partial charge >= 0.3 is 5.97 Å². The minimum atomic E-state index is -0.877. The maximum atomic E-state index is 11.4. The average Bonchev–Trinajstić information content (AvgIpc) is 2.62. The third-order valence-corrected chi connectivity index (χ3v) is 4.36. The zero-order valence-corrected chi connectivity index (χ0v) is 15.3. The highest BCUT2D eigenvalue weighted by atomic mass is 16.4. The molecule has 26 heavy (non-hydrogen) atoms. The van der Waals surface area contributed by atoms with Crippen molar-refractivity contribution in [1.29, 1.82) is 0 Å². The Hall–Kier alpha value is -2.67. The summed E-state index contributed by atoms with van der Waals surface area (Å²) in [7, 11) is 0. The zero-order chi connectivity index (χ0) is 19.0. The van der Waals surface area contributed by atoms with Gasteiger partial charge in [0.25, 0.3) is 0 Å². The van der Waals surface area contributed by atoms with Crippen LogP contribution in [0.15, 0.2) is 36.8 Å². The Labute approximate surface area is 154 Å². The fourth-order valence-electron chi connectivity index (χ4n) is 2.51. The van der Waals surface area contributed by atoms with Crippen molar-refractivity contribution in [3.05, 3.63) is 47.9 Å². The number of benzene rings is 1. The van der Waals surface area contributed by atoms with Crippen LogP contribution in [0.2, 0.25) is 0 Å². The SMILES string of the molecule is CC(C)(C(=O)O)c1cccc(CCNCCCNc2cncnc2N)c1. The number of carbonyl (C=O) groups is 1. The van der Waals surface area contributed by atoms with Crippen molar-refractivity contribution in [2.45, 2.75) is 32.1 Å². The minimum absolute atomic E-state index is 0.456. The van der Waals surface area contributed by atoms with E-state index in [-0.39, 0.29) is 0 Å². The highest BCUT2D eigenvalue weighted by Gasteiger charge is 2.29. The van der Waals surface area contributed by atoms with Crippen LogP contribution in [0.5, 0.6) is 0 Å². The van der Waals surface area contributed by atoms with Crippen LogP contribution in [0.25, 0.3) is 0 Å². The number of anilines is 2. The van der Waals surface area contributed by atoms with E-state index in [9.17, 15) is 9.90 Å². The molecule has 0 radical (unpaired) electrons. The van der Waals surface area contributed by atoms with Gasteiger partial charge in [-0.15, -0.1) is 0 Å². The van der Waals surface area contributed by atoms with Crippen LogP contribution in [0, 0.1) is 0 Å². The molecule has 140 valence electrons. The number of nitrogen functional groups attached to an aromatic ring is 1. The maximum Gasteiger partial charge on any atom is 0.313 e. The van der Waals surface area contributed by atoms with E-state index >= 15 is 0 Å². The molecule has 0 aliphatic rings. The van der Waals surface area contributed by atoms with E-state index in [1.807, 2.05) is 24.3 Å². The number of nitrogens with zero attached hydrogens (tertiary/aromatic N) is 2. The van der Waals surface area contributed by atoms with E-state index in [4.69, 9.17) is 5.73 Å². The monoisotopic (exact) mass is 357 g/mol. The van der Waals surface area contributed by atoms with Gasteiger partial charge in [0.1, 0.15) is 12.1 Å². The van der Waals surface area contributed by atoms with Gasteiger partial charge in [-0.25, -0.2) is 9.97 Å². The molecule has 7 heteroatoms. The largest absolute Gasteiger partial charge is 0.481 e. The summed E-state index contributed by atoms with van der Waals surface area (Å²) in [4.78, 5) is 19.2. The summed E-state index contributed by atoms with van der Waals surface area (Å²) < 4.78 is 0. The summed E-state index contributed by atoms with van der Waals surface area (Å²) in [5, 5.41) is 16.0. The molecular weight excluding hydrogens is 330 g/mol. The highest BCUT2D eigenvalue weighted by molar-refractivity contribution is 5.80. The lowest BCUT2D eigenvalue weighted by molar-refractivity contribution is -0.142. The second-order valence-electron chi connectivity index (χ2n) is 6.73. The summed E-state index contributed by atoms with van der Waals surface area (Å²) in [6.07, 6.45) is 4.90. The fraction of sp³-hybridized carbons (Fsp3) is 0.421. The predicted octanol–water partition coefficient (Wildman–Crippen LogP) is 2.06. The topological polar surface area (TPSA) is 113 Å². The molecule has 1 heterocycles. The Morgan fingerprint density at radius 2 is 2.08 bits per heavy atom. The third kappa shape index (κ3) is 5.42. The molecule has 0 spiro atoms. The predicted molar refractivity (Wildman–Crippen MR) is 103 cm³/mol. The molecule has 2 aromatic rings. The Bertz CT molecular complexity index is 733. The van der Waals surface area contributed by atoms with Crippen LogP contribution >= 0.6 is 0 Å². The number of nitrogens with one attached hydrogen (secondary N) is 2. The molecule has 0 amide bonds. The van der Waals surface area contributed by atoms with Gasteiger partial charge in [0, 0.05) is 6.54 Å². The van der Waals surface area contributed by atoms with Crippen LogP contribution < -0.4 is 16.4 Å². The Morgan fingerprint density at radius 3 is 2.81 bits per heavy atom. The first-order valence-corrected chi connectivity index (χ1v) is 8.74. The molecule has 0 unspecified atom stereocenters. The van der Waals surface area contributed by atoms with E-state index in [1.54, 1.807) is 20.0 Å². The Morgan fingerprint density at radius 1 is 1.27 bits per heavy atom. The molecule has 2 rings (SSSR count). The smallest absolute Gasteiger partial charge is 0.313 e. The number of carboxylic acids is 1. The van der Waals surface area contributed by atoms with Crippen molar-refractivity contribution in [2.75, 3.05) is 30.7 Å². The van der Waals surface area contributed by atoms with E-state index in [0.29, 0.717) is 5.82 Å². The first-order chi connectivity index (χ1) is 12.4. The van der Waals surface area contributed by atoms with Gasteiger partial charge in [-0.1, -0.05) is 24.3 Å². The fourth-order valence-corrected chi connectivity index (χ4v) is 2.51. The number of carboxylic acid groups (broad SMARTS) is 1. The van der Waals surface area contributed by atoms with E-state index < -0.39 is 11.4 Å². The number of hydrogen-bond acceptors (Lipinski definition) is 6. The Balaban J connectivity index is 1.69. The summed E-state index contributed by atoms with van der Waals surface area (Å²) in [5.74, 6) is -0.359. The molecule has 0 bridgehead atoms. The molecule has 0 aliphatic heterocycles. The van der Waals surface area contributed by atoms with Crippen LogP contribution in [0.1, 0.15) is 31.4 Å². The number of aromatic nitrogens is 2. The molecule has 5 N–H and O–H groups in total. The van der Waals surface area contributed by atoms with Crippen LogP contribution in [0.4, 0.5) is 11.5 Å². The molecule has 1 aromatic carbocycles. The average molecular weight is 357 g/mol. The van der Waals surface area contributed by atoms with Crippen LogP contribution in [0.3, 0.4) is 0 Å². The molecule has 0 fully saturated rings. The van der Waals surface area contributed by atoms with Crippen LogP contribution in [-0.4, -0.2) is 40.7 Å². The summed E-state index contributed by atoms with van der Waals surface area (Å²) in [6, 6.07) is 7.81. The standard InChI is InChI=1S/C19H27N5O2/c1-19(2,18(25)26)15-6-3-5-14(11-15)7-10-21-8-4-9-23-16-12-22-13-24-17(16)20/h3,5-6,11-13,21,23H,4,7-10H2,1-2H3,(H,25,26)(H2,20,22,24). The maximum absolute atomic E-state index is 11.4. The van der Waals surface area contributed by atoms with Crippen molar-refractivity contribution < 1.29 is 9.90 Å². The van der Waals surface area contributed by atoms with Crippen molar-refractivity contribution >= 4 is 17.5 Å². The lowest BCUT2D eigenvalue weighted by Gasteiger charge is -2.20. The van der Waals surface area contributed by atoms with E-state index in [1.165, 1.54) is 6.33 Å². The van der Waals surface area contributed by atoms with Crippen molar-refractivity contribution in [3.8, 4) is 0 Å². The van der Waals surface area contributed by atoms with Gasteiger partial charge < -0.3 is 21.5 Å². The van der Waals surface area contributed by atoms with Gasteiger partial charge in [0.15, 0.2) is 0 Å². The molecule has 0 saturated carbocycles. The van der Waals surface area contributed by atoms with E-state index in [0.717, 1.165) is 49.3 Å². The van der Waals surface area contributed by atoms with E-state index in [2.05, 4.69) is 20.6 Å². The molecule has 0 aliphatic carbocycles. The lowest BCUT2D eigenvalue weighted by atomic mass is 9.84. The number of aliphatic carboxylic acids is 1. The first kappa shape index (κ1) is 19.7. The number of hydrogen-bond donors (Lipinski definition) is 4. The molecule has 1 aromatic heterocycles.